The summed E-state index contributed by atoms with van der Waals surface area (Å²) in [5, 5.41) is 3.12. The average Bonchev–Trinajstić information content (AvgIpc) is 2.40. The maximum Gasteiger partial charge on any atom is 0.223 e. The Balaban J connectivity index is 1.73. The second kappa shape index (κ2) is 6.18. The van der Waals surface area contributed by atoms with E-state index in [9.17, 15) is 9.59 Å². The summed E-state index contributed by atoms with van der Waals surface area (Å²) >= 11 is 0. The number of hydrogen-bond donors (Lipinski definition) is 1. The molecule has 0 unspecified atom stereocenters. The van der Waals surface area contributed by atoms with E-state index < -0.39 is 0 Å². The summed E-state index contributed by atoms with van der Waals surface area (Å²) < 4.78 is 5.26. The Bertz CT molecular complexity index is 305. The summed E-state index contributed by atoms with van der Waals surface area (Å²) in [6.45, 7) is 4.50. The first-order valence-electron chi connectivity index (χ1n) is 6.80. The standard InChI is InChI=1S/C13H22N2O3/c1-10(16)15-6-2-12(3-7-15)14-13(17)11-4-8-18-9-5-11/h11-12H,2-9H2,1H3,(H,14,17). The van der Waals surface area contributed by atoms with Crippen LogP contribution in [0.3, 0.4) is 0 Å². The molecule has 0 bridgehead atoms. The minimum Gasteiger partial charge on any atom is -0.381 e. The second-order valence-corrected chi connectivity index (χ2v) is 5.18. The number of piperidine rings is 1. The number of nitrogens with zero attached hydrogens (tertiary/aromatic N) is 1. The zero-order chi connectivity index (χ0) is 13.0. The lowest BCUT2D eigenvalue weighted by atomic mass is 9.97. The Morgan fingerprint density at radius 2 is 1.72 bits per heavy atom. The van der Waals surface area contributed by atoms with Crippen molar-refractivity contribution in [1.29, 1.82) is 0 Å². The van der Waals surface area contributed by atoms with Gasteiger partial charge < -0.3 is 15.0 Å². The van der Waals surface area contributed by atoms with E-state index >= 15 is 0 Å². The molecule has 2 saturated heterocycles. The molecule has 5 nitrogen and oxygen atoms in total. The van der Waals surface area contributed by atoms with E-state index in [1.54, 1.807) is 6.92 Å². The highest BCUT2D eigenvalue weighted by molar-refractivity contribution is 5.79. The molecule has 0 saturated carbocycles. The van der Waals surface area contributed by atoms with Gasteiger partial charge in [-0.05, 0) is 25.7 Å². The highest BCUT2D eigenvalue weighted by Gasteiger charge is 2.26. The van der Waals surface area contributed by atoms with E-state index in [4.69, 9.17) is 4.74 Å². The SMILES string of the molecule is CC(=O)N1CCC(NC(=O)C2CCOCC2)CC1. The molecule has 5 heteroatoms. The van der Waals surface area contributed by atoms with Gasteiger partial charge in [0.1, 0.15) is 0 Å². The van der Waals surface area contributed by atoms with Crippen LogP contribution >= 0.6 is 0 Å². The highest BCUT2D eigenvalue weighted by atomic mass is 16.5. The van der Waals surface area contributed by atoms with Gasteiger partial charge in [0.25, 0.3) is 0 Å². The molecule has 0 spiro atoms. The third-order valence-electron chi connectivity index (χ3n) is 3.88. The molecular weight excluding hydrogens is 232 g/mol. The lowest BCUT2D eigenvalue weighted by Gasteiger charge is -2.33. The van der Waals surface area contributed by atoms with Crippen LogP contribution in [0, 0.1) is 5.92 Å². The van der Waals surface area contributed by atoms with Crippen LogP contribution in [-0.4, -0.2) is 49.1 Å². The third kappa shape index (κ3) is 3.45. The molecule has 0 aliphatic carbocycles. The molecular formula is C13H22N2O3. The van der Waals surface area contributed by atoms with Gasteiger partial charge in [-0.1, -0.05) is 0 Å². The number of nitrogens with one attached hydrogen (secondary N) is 1. The Hall–Kier alpha value is -1.10. The van der Waals surface area contributed by atoms with E-state index in [2.05, 4.69) is 5.32 Å². The van der Waals surface area contributed by atoms with Crippen LogP contribution < -0.4 is 5.32 Å². The number of amides is 2. The lowest BCUT2D eigenvalue weighted by molar-refractivity contribution is -0.130. The van der Waals surface area contributed by atoms with Crippen molar-refractivity contribution in [3.05, 3.63) is 0 Å². The van der Waals surface area contributed by atoms with Gasteiger partial charge in [0, 0.05) is 45.2 Å². The Kier molecular flexibility index (Phi) is 4.58. The van der Waals surface area contributed by atoms with E-state index in [-0.39, 0.29) is 23.8 Å². The number of hydrogen-bond acceptors (Lipinski definition) is 3. The summed E-state index contributed by atoms with van der Waals surface area (Å²) in [5.41, 5.74) is 0. The minimum atomic E-state index is 0.115. The van der Waals surface area contributed by atoms with Crippen molar-refractivity contribution < 1.29 is 14.3 Å². The van der Waals surface area contributed by atoms with Crippen LogP contribution in [0.25, 0.3) is 0 Å². The van der Waals surface area contributed by atoms with E-state index in [1.165, 1.54) is 0 Å². The Morgan fingerprint density at radius 3 is 2.28 bits per heavy atom. The van der Waals surface area contributed by atoms with Gasteiger partial charge in [0.05, 0.1) is 0 Å². The minimum absolute atomic E-state index is 0.115. The highest BCUT2D eigenvalue weighted by Crippen LogP contribution is 2.16. The summed E-state index contributed by atoms with van der Waals surface area (Å²) in [6, 6.07) is 0.232. The number of carbonyl (C=O) groups excluding carboxylic acids is 2. The molecule has 0 atom stereocenters. The molecule has 0 radical (unpaired) electrons. The van der Waals surface area contributed by atoms with Gasteiger partial charge in [0.15, 0.2) is 0 Å². The maximum absolute atomic E-state index is 12.0. The molecule has 0 aromatic rings. The molecule has 0 aromatic carbocycles. The van der Waals surface area contributed by atoms with Crippen molar-refractivity contribution in [3.8, 4) is 0 Å². The molecule has 2 aliphatic rings. The molecule has 2 heterocycles. The van der Waals surface area contributed by atoms with Crippen molar-refractivity contribution in [3.63, 3.8) is 0 Å². The van der Waals surface area contributed by atoms with Crippen LogP contribution in [0.15, 0.2) is 0 Å². The largest absolute Gasteiger partial charge is 0.381 e. The summed E-state index contributed by atoms with van der Waals surface area (Å²) in [7, 11) is 0. The topological polar surface area (TPSA) is 58.6 Å². The van der Waals surface area contributed by atoms with Crippen molar-refractivity contribution in [2.24, 2.45) is 5.92 Å². The van der Waals surface area contributed by atoms with Gasteiger partial charge in [-0.2, -0.15) is 0 Å². The Morgan fingerprint density at radius 1 is 1.11 bits per heavy atom. The number of carbonyl (C=O) groups is 2. The van der Waals surface area contributed by atoms with E-state index in [1.807, 2.05) is 4.90 Å². The fourth-order valence-electron chi connectivity index (χ4n) is 2.62. The zero-order valence-electron chi connectivity index (χ0n) is 11.0. The molecule has 2 amide bonds. The first-order chi connectivity index (χ1) is 8.66. The first kappa shape index (κ1) is 13.3. The predicted molar refractivity (Wildman–Crippen MR) is 67.0 cm³/mol. The van der Waals surface area contributed by atoms with Crippen molar-refractivity contribution in [1.82, 2.24) is 10.2 Å². The van der Waals surface area contributed by atoms with Gasteiger partial charge in [-0.3, -0.25) is 9.59 Å². The molecule has 2 rings (SSSR count). The fourth-order valence-corrected chi connectivity index (χ4v) is 2.62. The van der Waals surface area contributed by atoms with E-state index in [0.29, 0.717) is 13.2 Å². The summed E-state index contributed by atoms with van der Waals surface area (Å²) in [5.74, 6) is 0.411. The second-order valence-electron chi connectivity index (χ2n) is 5.18. The molecule has 0 aromatic heterocycles. The van der Waals surface area contributed by atoms with Crippen LogP contribution in [0.4, 0.5) is 0 Å². The molecule has 1 N–H and O–H groups in total. The Labute approximate surface area is 108 Å². The van der Waals surface area contributed by atoms with Gasteiger partial charge in [-0.25, -0.2) is 0 Å². The molecule has 2 aliphatic heterocycles. The van der Waals surface area contributed by atoms with Gasteiger partial charge in [0.2, 0.25) is 11.8 Å². The molecule has 2 fully saturated rings. The van der Waals surface area contributed by atoms with Crippen LogP contribution in [0.1, 0.15) is 32.6 Å². The molecule has 102 valence electrons. The number of likely N-dealkylation sites (tertiary alicyclic amines) is 1. The monoisotopic (exact) mass is 254 g/mol. The summed E-state index contributed by atoms with van der Waals surface area (Å²) in [6.07, 6.45) is 3.40. The average molecular weight is 254 g/mol. The van der Waals surface area contributed by atoms with Gasteiger partial charge >= 0.3 is 0 Å². The predicted octanol–water partition coefficient (Wildman–Crippen LogP) is 0.540. The normalized spacial score (nSPS) is 22.8. The maximum atomic E-state index is 12.0. The first-order valence-corrected chi connectivity index (χ1v) is 6.80. The number of rotatable bonds is 2. The quantitative estimate of drug-likeness (QED) is 0.782. The summed E-state index contributed by atoms with van der Waals surface area (Å²) in [4.78, 5) is 25.1. The van der Waals surface area contributed by atoms with Crippen molar-refractivity contribution in [2.45, 2.75) is 38.6 Å². The zero-order valence-corrected chi connectivity index (χ0v) is 11.0. The van der Waals surface area contributed by atoms with Crippen LogP contribution in [0.5, 0.6) is 0 Å². The smallest absolute Gasteiger partial charge is 0.223 e. The van der Waals surface area contributed by atoms with Gasteiger partial charge in [-0.15, -0.1) is 0 Å². The number of ether oxygens (including phenoxy) is 1. The van der Waals surface area contributed by atoms with Crippen molar-refractivity contribution in [2.75, 3.05) is 26.3 Å². The lowest BCUT2D eigenvalue weighted by Crippen LogP contribution is -2.47. The fraction of sp³-hybridized carbons (Fsp3) is 0.846. The molecule has 18 heavy (non-hydrogen) atoms. The third-order valence-corrected chi connectivity index (χ3v) is 3.88. The van der Waals surface area contributed by atoms with E-state index in [0.717, 1.165) is 38.8 Å². The van der Waals surface area contributed by atoms with Crippen molar-refractivity contribution >= 4 is 11.8 Å². The van der Waals surface area contributed by atoms with Crippen LogP contribution in [0.2, 0.25) is 0 Å². The van der Waals surface area contributed by atoms with Crippen LogP contribution in [-0.2, 0) is 14.3 Å².